The molecule has 0 aliphatic heterocycles. The van der Waals surface area contributed by atoms with Gasteiger partial charge in [0.25, 0.3) is 0 Å². The predicted octanol–water partition coefficient (Wildman–Crippen LogP) is 10.9. The number of ether oxygens (including phenoxy) is 6. The summed E-state index contributed by atoms with van der Waals surface area (Å²) in [4.78, 5) is 25.9. The van der Waals surface area contributed by atoms with E-state index in [1.54, 1.807) is 102 Å². The number of nitrogens with two attached hydrogens (primary N) is 4. The molecule has 14 nitrogen and oxygen atoms in total. The molecule has 4 rings (SSSR count). The maximum absolute atomic E-state index is 13.0. The van der Waals surface area contributed by atoms with Gasteiger partial charge in [-0.25, -0.2) is 21.3 Å². The zero-order chi connectivity index (χ0) is 52.0. The van der Waals surface area contributed by atoms with Crippen LogP contribution in [0.15, 0.2) is 121 Å². The molecule has 0 saturated carbocycles. The molecule has 0 amide bonds. The van der Waals surface area contributed by atoms with Crippen LogP contribution in [-0.4, -0.2) is 73.7 Å². The number of nitrogens with zero attached hydrogens (tertiary/aromatic N) is 2. The van der Waals surface area contributed by atoms with Crippen molar-refractivity contribution in [3.63, 3.8) is 0 Å². The molecule has 0 aromatic heterocycles. The number of allylic oxidation sites excluding steroid dienone is 2. The lowest BCUT2D eigenvalue weighted by atomic mass is 9.85. The molecule has 14 heteroatoms. The third-order valence-electron chi connectivity index (χ3n) is 12.8. The molecule has 4 aromatic carbocycles. The van der Waals surface area contributed by atoms with Crippen LogP contribution in [0.1, 0.15) is 134 Å². The Kier molecular flexibility index (Phi) is 22.8. The molecule has 1 unspecified atom stereocenters. The Morgan fingerprint density at radius 2 is 1.00 bits per heavy atom. The van der Waals surface area contributed by atoms with Crippen LogP contribution in [0, 0.1) is 10.8 Å². The zero-order valence-electron chi connectivity index (χ0n) is 43.8. The quantitative estimate of drug-likeness (QED) is 0.0122. The highest BCUT2D eigenvalue weighted by Crippen LogP contribution is 2.29. The topological polar surface area (TPSA) is 200 Å². The number of carbonyl (C=O) groups is 2. The number of benzene rings is 4. The molecule has 1 atom stereocenters. The summed E-state index contributed by atoms with van der Waals surface area (Å²) in [5, 5.41) is 3.28. The fourth-order valence-corrected chi connectivity index (χ4v) is 7.48. The molecule has 0 radical (unpaired) electrons. The molecule has 0 saturated heterocycles. The highest BCUT2D eigenvalue weighted by atomic mass is 16.5. The average molecular weight is 979 g/mol. The molecule has 0 heterocycles. The summed E-state index contributed by atoms with van der Waals surface area (Å²) in [6, 6.07) is 28.0. The highest BCUT2D eigenvalue weighted by molar-refractivity contribution is 5.92. The molecule has 4 aromatic rings. The summed E-state index contributed by atoms with van der Waals surface area (Å²) in [7, 11) is 1.71. The molecule has 0 bridgehead atoms. The first-order valence-corrected chi connectivity index (χ1v) is 24.9. The molecule has 388 valence electrons. The van der Waals surface area contributed by atoms with Crippen LogP contribution in [-0.2, 0) is 9.47 Å². The first-order valence-electron chi connectivity index (χ1n) is 24.9. The number of carbonyl (C=O) groups excluding carboxylic acids is 2. The Morgan fingerprint density at radius 3 is 1.45 bits per heavy atom. The summed E-state index contributed by atoms with van der Waals surface area (Å²) >= 11 is 0. The van der Waals surface area contributed by atoms with E-state index in [4.69, 9.17) is 51.6 Å². The maximum atomic E-state index is 13.0. The van der Waals surface area contributed by atoms with Crippen molar-refractivity contribution in [2.75, 3.05) is 40.1 Å². The monoisotopic (exact) mass is 979 g/mol. The normalized spacial score (nSPS) is 12.8. The van der Waals surface area contributed by atoms with Crippen molar-refractivity contribution in [3.8, 4) is 34.1 Å². The van der Waals surface area contributed by atoms with Crippen molar-refractivity contribution in [1.29, 1.82) is 0 Å². The Hall–Kier alpha value is -6.06. The SMILES string of the molecule is CCCC(C)(C)CCOC(C)C(C)(C)N(N)/C=C(\N)CCCOc1ccc(C(=O)Oc2ccc(-c3ccc(OC(=O)c4ccc(OCCC/C(N)=C/N(N)CCC(C)(C)CCOC)cc4)cc3)cc2)cc1. The first kappa shape index (κ1) is 57.5. The lowest BCUT2D eigenvalue weighted by molar-refractivity contribution is -0.0403. The van der Waals surface area contributed by atoms with Gasteiger partial charge in [-0.3, -0.25) is 0 Å². The van der Waals surface area contributed by atoms with Crippen LogP contribution in [0.5, 0.6) is 23.0 Å². The third kappa shape index (κ3) is 20.3. The van der Waals surface area contributed by atoms with Gasteiger partial charge in [-0.1, -0.05) is 65.3 Å². The van der Waals surface area contributed by atoms with E-state index in [0.29, 0.717) is 97.6 Å². The summed E-state index contributed by atoms with van der Waals surface area (Å²) < 4.78 is 34.5. The van der Waals surface area contributed by atoms with Crippen LogP contribution < -0.4 is 42.1 Å². The number of hydrogen-bond donors (Lipinski definition) is 4. The van der Waals surface area contributed by atoms with Crippen LogP contribution in [0.4, 0.5) is 0 Å². The smallest absolute Gasteiger partial charge is 0.343 e. The molecule has 0 fully saturated rings. The van der Waals surface area contributed by atoms with E-state index < -0.39 is 17.5 Å². The van der Waals surface area contributed by atoms with Gasteiger partial charge in [0.05, 0.1) is 36.0 Å². The standard InChI is InChI=1S/C57H82N6O8/c1-10-31-55(3,4)34-39-67-42(2)57(7,8)63(61)41-48(59)14-12-37-69-50-25-21-46(22-26-50)54(65)71-52-29-17-44(18-30-52)43-15-27-51(28-16-43)70-53(64)45-19-23-49(24-20-45)68-36-11-13-47(58)40-62(60)35-32-56(5,6)33-38-66-9/h15-30,40-42H,10-14,31-39,58-61H2,1-9H3/b47-40-,48-41-. The molecule has 8 N–H and O–H groups in total. The van der Waals surface area contributed by atoms with Gasteiger partial charge >= 0.3 is 11.9 Å². The van der Waals surface area contributed by atoms with Gasteiger partial charge in [0.1, 0.15) is 23.0 Å². The van der Waals surface area contributed by atoms with Crippen molar-refractivity contribution < 1.29 is 38.0 Å². The second-order valence-corrected chi connectivity index (χ2v) is 20.3. The van der Waals surface area contributed by atoms with E-state index in [9.17, 15) is 9.59 Å². The summed E-state index contributed by atoms with van der Waals surface area (Å²) in [6.45, 7) is 20.3. The molecule has 0 aliphatic rings. The Bertz CT molecular complexity index is 2280. The minimum atomic E-state index is -0.487. The fraction of sp³-hybridized carbons (Fsp3) is 0.474. The lowest BCUT2D eigenvalue weighted by Gasteiger charge is -2.39. The van der Waals surface area contributed by atoms with Gasteiger partial charge in [0.15, 0.2) is 0 Å². The van der Waals surface area contributed by atoms with E-state index >= 15 is 0 Å². The van der Waals surface area contributed by atoms with Gasteiger partial charge in [-0.2, -0.15) is 0 Å². The lowest BCUT2D eigenvalue weighted by Crippen LogP contribution is -2.53. The summed E-state index contributed by atoms with van der Waals surface area (Å²) in [6.07, 6.45) is 11.3. The van der Waals surface area contributed by atoms with Crippen molar-refractivity contribution in [2.24, 2.45) is 34.0 Å². The molecular formula is C57H82N6O8. The van der Waals surface area contributed by atoms with Gasteiger partial charge < -0.3 is 49.9 Å². The van der Waals surface area contributed by atoms with Gasteiger partial charge in [-0.05, 0) is 167 Å². The molecule has 0 aliphatic carbocycles. The van der Waals surface area contributed by atoms with E-state index in [0.717, 1.165) is 43.4 Å². The van der Waals surface area contributed by atoms with Crippen molar-refractivity contribution in [2.45, 2.75) is 125 Å². The Labute approximate surface area is 423 Å². The summed E-state index contributed by atoms with van der Waals surface area (Å²) in [5.41, 5.74) is 16.4. The van der Waals surface area contributed by atoms with Crippen LogP contribution in [0.2, 0.25) is 0 Å². The van der Waals surface area contributed by atoms with Crippen molar-refractivity contribution >= 4 is 11.9 Å². The molecular weight excluding hydrogens is 897 g/mol. The van der Waals surface area contributed by atoms with Gasteiger partial charge in [0, 0.05) is 50.7 Å². The summed E-state index contributed by atoms with van der Waals surface area (Å²) in [5.74, 6) is 13.7. The number of rotatable bonds is 31. The average Bonchev–Trinajstić information content (AvgIpc) is 3.33. The van der Waals surface area contributed by atoms with E-state index in [1.165, 1.54) is 6.42 Å². The number of hydrazine groups is 2. The second-order valence-electron chi connectivity index (χ2n) is 20.3. The largest absolute Gasteiger partial charge is 0.494 e. The third-order valence-corrected chi connectivity index (χ3v) is 12.8. The molecule has 0 spiro atoms. The van der Waals surface area contributed by atoms with Gasteiger partial charge in [0.2, 0.25) is 0 Å². The number of hydrogen-bond acceptors (Lipinski definition) is 14. The maximum Gasteiger partial charge on any atom is 0.343 e. The van der Waals surface area contributed by atoms with Crippen LogP contribution >= 0.6 is 0 Å². The number of methoxy groups -OCH3 is 1. The molecule has 71 heavy (non-hydrogen) atoms. The van der Waals surface area contributed by atoms with Crippen molar-refractivity contribution in [1.82, 2.24) is 10.0 Å². The Balaban J connectivity index is 1.14. The van der Waals surface area contributed by atoms with Crippen LogP contribution in [0.3, 0.4) is 0 Å². The van der Waals surface area contributed by atoms with E-state index in [2.05, 4.69) is 34.6 Å². The first-order chi connectivity index (χ1) is 33.7. The van der Waals surface area contributed by atoms with Crippen LogP contribution in [0.25, 0.3) is 11.1 Å². The van der Waals surface area contributed by atoms with E-state index in [-0.39, 0.29) is 16.9 Å². The predicted molar refractivity (Wildman–Crippen MR) is 283 cm³/mol. The minimum absolute atomic E-state index is 0.0992. The zero-order valence-corrected chi connectivity index (χ0v) is 43.8. The second kappa shape index (κ2) is 28.1. The minimum Gasteiger partial charge on any atom is -0.494 e. The highest BCUT2D eigenvalue weighted by Gasteiger charge is 2.31. The van der Waals surface area contributed by atoms with Crippen molar-refractivity contribution in [3.05, 3.63) is 132 Å². The fourth-order valence-electron chi connectivity index (χ4n) is 7.48. The van der Waals surface area contributed by atoms with E-state index in [1.807, 2.05) is 45.0 Å². The number of esters is 2. The Morgan fingerprint density at radius 1 is 0.577 bits per heavy atom. The van der Waals surface area contributed by atoms with Gasteiger partial charge in [-0.15, -0.1) is 0 Å².